The maximum Gasteiger partial charge on any atom is 0.230 e. The number of rotatable bonds is 7. The van der Waals surface area contributed by atoms with Crippen LogP contribution in [0.4, 0.5) is 0 Å². The fourth-order valence-corrected chi connectivity index (χ4v) is 2.44. The highest BCUT2D eigenvalue weighted by Gasteiger charge is 2.12. The third-order valence-corrected chi connectivity index (χ3v) is 3.76. The van der Waals surface area contributed by atoms with Crippen molar-refractivity contribution >= 4 is 17.7 Å². The van der Waals surface area contributed by atoms with Gasteiger partial charge in [0.25, 0.3) is 0 Å². The lowest BCUT2D eigenvalue weighted by molar-refractivity contribution is -0.118. The van der Waals surface area contributed by atoms with E-state index in [2.05, 4.69) is 10.3 Å². The van der Waals surface area contributed by atoms with Crippen LogP contribution in [-0.2, 0) is 10.5 Å². The van der Waals surface area contributed by atoms with Crippen molar-refractivity contribution in [1.82, 2.24) is 10.3 Å². The Labute approximate surface area is 134 Å². The van der Waals surface area contributed by atoms with Gasteiger partial charge in [0.05, 0.1) is 11.4 Å². The Bertz CT molecular complexity index is 605. The highest BCUT2D eigenvalue weighted by Crippen LogP contribution is 2.20. The lowest BCUT2D eigenvalue weighted by Gasteiger charge is -2.18. The number of hydrogen-bond donors (Lipinski definition) is 2. The quantitative estimate of drug-likeness (QED) is 0.819. The van der Waals surface area contributed by atoms with Gasteiger partial charge in [0.1, 0.15) is 6.26 Å². The molecule has 0 saturated carbocycles. The fraction of sp³-hybridized carbons (Fsp3) is 0.375. The molecule has 0 aliphatic carbocycles. The van der Waals surface area contributed by atoms with E-state index in [1.54, 1.807) is 6.26 Å². The van der Waals surface area contributed by atoms with Crippen molar-refractivity contribution in [2.24, 2.45) is 5.73 Å². The summed E-state index contributed by atoms with van der Waals surface area (Å²) in [5.74, 6) is 1.60. The second kappa shape index (κ2) is 7.47. The summed E-state index contributed by atoms with van der Waals surface area (Å²) < 4.78 is 5.46. The molecule has 2 aromatic rings. The number of aromatic nitrogens is 1. The van der Waals surface area contributed by atoms with Crippen LogP contribution in [0.2, 0.25) is 0 Å². The van der Waals surface area contributed by atoms with Crippen molar-refractivity contribution in [3.05, 3.63) is 42.3 Å². The second-order valence-corrected chi connectivity index (χ2v) is 6.75. The average Bonchev–Trinajstić information content (AvgIpc) is 2.94. The molecule has 5 nitrogen and oxygen atoms in total. The number of thioether (sulfide) groups is 1. The van der Waals surface area contributed by atoms with E-state index in [0.29, 0.717) is 23.9 Å². The molecule has 1 aromatic carbocycles. The number of carbonyl (C=O) groups is 1. The SMILES string of the molecule is CC(C)(N)CNC(=O)CSCc1coc(-c2ccccc2)n1. The molecule has 0 spiro atoms. The van der Waals surface area contributed by atoms with E-state index < -0.39 is 5.54 Å². The Morgan fingerprint density at radius 3 is 2.77 bits per heavy atom. The number of nitrogens with zero attached hydrogens (tertiary/aromatic N) is 1. The van der Waals surface area contributed by atoms with Crippen molar-refractivity contribution in [1.29, 1.82) is 0 Å². The Balaban J connectivity index is 1.76. The van der Waals surface area contributed by atoms with Gasteiger partial charge in [-0.3, -0.25) is 4.79 Å². The highest BCUT2D eigenvalue weighted by atomic mass is 32.2. The predicted octanol–water partition coefficient (Wildman–Crippen LogP) is 2.43. The summed E-state index contributed by atoms with van der Waals surface area (Å²) in [5.41, 5.74) is 7.20. The number of amides is 1. The summed E-state index contributed by atoms with van der Waals surface area (Å²) in [6.45, 7) is 4.22. The Hall–Kier alpha value is -1.79. The molecular formula is C16H21N3O2S. The molecule has 0 aliphatic rings. The van der Waals surface area contributed by atoms with Gasteiger partial charge in [0, 0.05) is 23.4 Å². The number of benzene rings is 1. The molecule has 0 aliphatic heterocycles. The van der Waals surface area contributed by atoms with Gasteiger partial charge >= 0.3 is 0 Å². The summed E-state index contributed by atoms with van der Waals surface area (Å²) in [4.78, 5) is 16.1. The molecule has 0 unspecified atom stereocenters. The first-order chi connectivity index (χ1) is 10.4. The maximum atomic E-state index is 11.7. The molecule has 0 fully saturated rings. The summed E-state index contributed by atoms with van der Waals surface area (Å²) in [7, 11) is 0. The first-order valence-corrected chi connectivity index (χ1v) is 8.23. The lowest BCUT2D eigenvalue weighted by Crippen LogP contribution is -2.45. The molecule has 3 N–H and O–H groups in total. The molecular weight excluding hydrogens is 298 g/mol. The van der Waals surface area contributed by atoms with Crippen molar-refractivity contribution in [3.8, 4) is 11.5 Å². The molecule has 0 saturated heterocycles. The van der Waals surface area contributed by atoms with Crippen molar-refractivity contribution < 1.29 is 9.21 Å². The maximum absolute atomic E-state index is 11.7. The van der Waals surface area contributed by atoms with Crippen LogP contribution in [0.3, 0.4) is 0 Å². The van der Waals surface area contributed by atoms with Crippen molar-refractivity contribution in [3.63, 3.8) is 0 Å². The van der Waals surface area contributed by atoms with Crippen LogP contribution < -0.4 is 11.1 Å². The number of nitrogens with one attached hydrogen (secondary N) is 1. The van der Waals surface area contributed by atoms with Crippen LogP contribution in [0, 0.1) is 0 Å². The van der Waals surface area contributed by atoms with Crippen molar-refractivity contribution in [2.75, 3.05) is 12.3 Å². The van der Waals surface area contributed by atoms with Gasteiger partial charge in [-0.15, -0.1) is 11.8 Å². The van der Waals surface area contributed by atoms with Crippen molar-refractivity contribution in [2.45, 2.75) is 25.1 Å². The number of hydrogen-bond acceptors (Lipinski definition) is 5. The molecule has 1 amide bonds. The smallest absolute Gasteiger partial charge is 0.230 e. The van der Waals surface area contributed by atoms with Crippen LogP contribution >= 0.6 is 11.8 Å². The van der Waals surface area contributed by atoms with Gasteiger partial charge in [0.15, 0.2) is 0 Å². The van der Waals surface area contributed by atoms with Gasteiger partial charge in [-0.1, -0.05) is 18.2 Å². The molecule has 6 heteroatoms. The van der Waals surface area contributed by atoms with Crippen LogP contribution in [0.25, 0.3) is 11.5 Å². The topological polar surface area (TPSA) is 81.1 Å². The van der Waals surface area contributed by atoms with Crippen LogP contribution in [-0.4, -0.2) is 28.7 Å². The first-order valence-electron chi connectivity index (χ1n) is 7.07. The fourth-order valence-electron chi connectivity index (χ4n) is 1.71. The average molecular weight is 319 g/mol. The third-order valence-electron chi connectivity index (χ3n) is 2.80. The van der Waals surface area contributed by atoms with Crippen LogP contribution in [0.1, 0.15) is 19.5 Å². The molecule has 0 atom stereocenters. The normalized spacial score (nSPS) is 11.4. The number of carbonyl (C=O) groups excluding carboxylic acids is 1. The van der Waals surface area contributed by atoms with Gasteiger partial charge < -0.3 is 15.5 Å². The standard InChI is InChI=1S/C16H21N3O2S/c1-16(2,17)11-18-14(20)10-22-9-13-8-21-15(19-13)12-6-4-3-5-7-12/h3-8H,9-11,17H2,1-2H3,(H,18,20). The Morgan fingerprint density at radius 1 is 1.36 bits per heavy atom. The third kappa shape index (κ3) is 5.54. The molecule has 0 bridgehead atoms. The summed E-state index contributed by atoms with van der Waals surface area (Å²) >= 11 is 1.50. The molecule has 1 aromatic heterocycles. The first kappa shape index (κ1) is 16.6. The van der Waals surface area contributed by atoms with E-state index in [1.165, 1.54) is 11.8 Å². The molecule has 22 heavy (non-hydrogen) atoms. The predicted molar refractivity (Wildman–Crippen MR) is 89.4 cm³/mol. The zero-order valence-electron chi connectivity index (χ0n) is 12.8. The van der Waals surface area contributed by atoms with E-state index >= 15 is 0 Å². The van der Waals surface area contributed by atoms with Crippen LogP contribution in [0.15, 0.2) is 41.0 Å². The monoisotopic (exact) mass is 319 g/mol. The zero-order valence-corrected chi connectivity index (χ0v) is 13.7. The van der Waals surface area contributed by atoms with Crippen LogP contribution in [0.5, 0.6) is 0 Å². The van der Waals surface area contributed by atoms with E-state index in [4.69, 9.17) is 10.2 Å². The van der Waals surface area contributed by atoms with Gasteiger partial charge in [-0.05, 0) is 26.0 Å². The largest absolute Gasteiger partial charge is 0.444 e. The Kier molecular flexibility index (Phi) is 5.63. The molecule has 0 radical (unpaired) electrons. The summed E-state index contributed by atoms with van der Waals surface area (Å²) in [6, 6.07) is 9.73. The molecule has 118 valence electrons. The van der Waals surface area contributed by atoms with E-state index in [0.717, 1.165) is 11.3 Å². The van der Waals surface area contributed by atoms with E-state index in [-0.39, 0.29) is 5.91 Å². The number of oxazole rings is 1. The van der Waals surface area contributed by atoms with Gasteiger partial charge in [-0.25, -0.2) is 4.98 Å². The minimum Gasteiger partial charge on any atom is -0.444 e. The minimum absolute atomic E-state index is 0.0182. The summed E-state index contributed by atoms with van der Waals surface area (Å²) in [5, 5.41) is 2.81. The molecule has 2 rings (SSSR count). The van der Waals surface area contributed by atoms with E-state index in [9.17, 15) is 4.79 Å². The Morgan fingerprint density at radius 2 is 2.09 bits per heavy atom. The number of nitrogens with two attached hydrogens (primary N) is 1. The highest BCUT2D eigenvalue weighted by molar-refractivity contribution is 7.99. The van der Waals surface area contributed by atoms with E-state index in [1.807, 2.05) is 44.2 Å². The zero-order chi connectivity index (χ0) is 16.0. The molecule has 1 heterocycles. The lowest BCUT2D eigenvalue weighted by atomic mass is 10.1. The minimum atomic E-state index is -0.392. The summed E-state index contributed by atoms with van der Waals surface area (Å²) in [6.07, 6.45) is 1.64. The second-order valence-electron chi connectivity index (χ2n) is 5.77. The van der Waals surface area contributed by atoms with Gasteiger partial charge in [-0.2, -0.15) is 0 Å². The van der Waals surface area contributed by atoms with Gasteiger partial charge in [0.2, 0.25) is 11.8 Å².